The average Bonchev–Trinajstić information content (AvgIpc) is 3.23. The molecule has 1 aliphatic rings. The predicted octanol–water partition coefficient (Wildman–Crippen LogP) is 4.97. The summed E-state index contributed by atoms with van der Waals surface area (Å²) in [5.74, 6) is 0.800. The van der Waals surface area contributed by atoms with Crippen LogP contribution in [0, 0.1) is 0 Å². The van der Waals surface area contributed by atoms with E-state index in [-0.39, 0.29) is 17.9 Å². The molecule has 3 rings (SSSR count). The number of ether oxygens (including phenoxy) is 2. The van der Waals surface area contributed by atoms with Crippen molar-refractivity contribution in [2.45, 2.75) is 63.7 Å². The molecular weight excluding hydrogens is 430 g/mol. The van der Waals surface area contributed by atoms with Crippen LogP contribution in [0.1, 0.15) is 62.2 Å². The number of nitrogens with zero attached hydrogens (tertiary/aromatic N) is 1. The van der Waals surface area contributed by atoms with Crippen LogP contribution in [0.4, 0.5) is 0 Å². The molecule has 34 heavy (non-hydrogen) atoms. The molecule has 1 saturated heterocycles. The maximum absolute atomic E-state index is 12.3. The highest BCUT2D eigenvalue weighted by Crippen LogP contribution is 2.23. The van der Waals surface area contributed by atoms with Gasteiger partial charge < -0.3 is 19.5 Å². The van der Waals surface area contributed by atoms with Gasteiger partial charge in [0.15, 0.2) is 0 Å². The quantitative estimate of drug-likeness (QED) is 0.257. The Morgan fingerprint density at radius 1 is 1.12 bits per heavy atom. The van der Waals surface area contributed by atoms with Gasteiger partial charge in [0.05, 0.1) is 19.3 Å². The summed E-state index contributed by atoms with van der Waals surface area (Å²) in [6.45, 7) is 1.13. The topological polar surface area (TPSA) is 76.1 Å². The summed E-state index contributed by atoms with van der Waals surface area (Å²) in [5.41, 5.74) is 1.78. The zero-order valence-electron chi connectivity index (χ0n) is 19.9. The average molecular weight is 466 g/mol. The van der Waals surface area contributed by atoms with Gasteiger partial charge in [-0.2, -0.15) is 0 Å². The standard InChI is InChI=1S/C28H35NO5/c1-33-28(32)14-7-2-3-8-19-29-24(16-18-27(29)31)15-17-26(30)23-11-9-10-22(20-23)21-34-25-12-5-4-6-13-25/h4-6,9-13,15,17,20,24,26,30H,2-3,7-8,14,16,18-19,21H2,1H3/t24?,26-/m1/s1. The molecule has 1 amide bonds. The summed E-state index contributed by atoms with van der Waals surface area (Å²) < 4.78 is 10.5. The summed E-state index contributed by atoms with van der Waals surface area (Å²) in [5, 5.41) is 10.7. The number of likely N-dealkylation sites (tertiary alicyclic amines) is 1. The first-order valence-electron chi connectivity index (χ1n) is 12.1. The van der Waals surface area contributed by atoms with Gasteiger partial charge in [0, 0.05) is 19.4 Å². The van der Waals surface area contributed by atoms with Crippen LogP contribution in [0.2, 0.25) is 0 Å². The van der Waals surface area contributed by atoms with Crippen LogP contribution in [0.3, 0.4) is 0 Å². The van der Waals surface area contributed by atoms with Crippen molar-refractivity contribution in [3.8, 4) is 5.75 Å². The molecule has 2 aromatic carbocycles. The summed E-state index contributed by atoms with van der Waals surface area (Å²) in [6, 6.07) is 17.4. The maximum Gasteiger partial charge on any atom is 0.305 e. The molecule has 1 unspecified atom stereocenters. The van der Waals surface area contributed by atoms with E-state index in [1.807, 2.05) is 65.6 Å². The van der Waals surface area contributed by atoms with Crippen molar-refractivity contribution in [3.05, 3.63) is 77.9 Å². The van der Waals surface area contributed by atoms with E-state index in [0.29, 0.717) is 26.0 Å². The number of methoxy groups -OCH3 is 1. The third-order valence-electron chi connectivity index (χ3n) is 6.09. The van der Waals surface area contributed by atoms with E-state index in [4.69, 9.17) is 4.74 Å². The predicted molar refractivity (Wildman–Crippen MR) is 131 cm³/mol. The van der Waals surface area contributed by atoms with E-state index in [2.05, 4.69) is 4.74 Å². The number of para-hydroxylation sites is 1. The minimum atomic E-state index is -0.743. The third-order valence-corrected chi connectivity index (χ3v) is 6.09. The Hall–Kier alpha value is -3.12. The number of aliphatic hydroxyl groups is 1. The van der Waals surface area contributed by atoms with E-state index < -0.39 is 6.10 Å². The second kappa shape index (κ2) is 13.6. The lowest BCUT2D eigenvalue weighted by atomic mass is 10.0. The van der Waals surface area contributed by atoms with Gasteiger partial charge in [0.2, 0.25) is 5.91 Å². The van der Waals surface area contributed by atoms with Gasteiger partial charge in [-0.15, -0.1) is 0 Å². The first-order valence-corrected chi connectivity index (χ1v) is 12.1. The fourth-order valence-corrected chi connectivity index (χ4v) is 4.15. The molecular formula is C28H35NO5. The van der Waals surface area contributed by atoms with Crippen LogP contribution >= 0.6 is 0 Å². The smallest absolute Gasteiger partial charge is 0.305 e. The van der Waals surface area contributed by atoms with Crippen molar-refractivity contribution >= 4 is 11.9 Å². The largest absolute Gasteiger partial charge is 0.489 e. The highest BCUT2D eigenvalue weighted by atomic mass is 16.5. The van der Waals surface area contributed by atoms with E-state index in [9.17, 15) is 14.7 Å². The second-order valence-electron chi connectivity index (χ2n) is 8.61. The fraction of sp³-hybridized carbons (Fsp3) is 0.429. The second-order valence-corrected chi connectivity index (χ2v) is 8.61. The minimum Gasteiger partial charge on any atom is -0.489 e. The van der Waals surface area contributed by atoms with Crippen molar-refractivity contribution in [2.24, 2.45) is 0 Å². The lowest BCUT2D eigenvalue weighted by Crippen LogP contribution is -2.32. The zero-order valence-corrected chi connectivity index (χ0v) is 19.9. The molecule has 0 radical (unpaired) electrons. The van der Waals surface area contributed by atoms with Crippen LogP contribution in [0.5, 0.6) is 5.75 Å². The first kappa shape index (κ1) is 25.5. The van der Waals surface area contributed by atoms with Gasteiger partial charge >= 0.3 is 5.97 Å². The number of esters is 1. The highest BCUT2D eigenvalue weighted by molar-refractivity contribution is 5.79. The number of benzene rings is 2. The molecule has 1 aliphatic heterocycles. The van der Waals surface area contributed by atoms with Gasteiger partial charge in [-0.3, -0.25) is 9.59 Å². The molecule has 0 bridgehead atoms. The van der Waals surface area contributed by atoms with E-state index >= 15 is 0 Å². The SMILES string of the molecule is COC(=O)CCCCCCN1C(=O)CCC1C=C[C@@H](O)c1cccc(COc2ccccc2)c1. The molecule has 0 aliphatic carbocycles. The molecule has 1 fully saturated rings. The summed E-state index contributed by atoms with van der Waals surface area (Å²) >= 11 is 0. The molecule has 1 heterocycles. The van der Waals surface area contributed by atoms with Crippen molar-refractivity contribution in [3.63, 3.8) is 0 Å². The molecule has 6 heteroatoms. The Bertz CT molecular complexity index is 943. The Kier molecular flexibility index (Phi) is 10.2. The Morgan fingerprint density at radius 3 is 2.71 bits per heavy atom. The molecule has 1 N–H and O–H groups in total. The molecule has 2 aromatic rings. The summed E-state index contributed by atoms with van der Waals surface area (Å²) in [6.07, 6.45) is 8.39. The van der Waals surface area contributed by atoms with Gasteiger partial charge in [-0.05, 0) is 48.6 Å². The number of aliphatic hydroxyl groups excluding tert-OH is 1. The number of carbonyl (C=O) groups excluding carboxylic acids is 2. The van der Waals surface area contributed by atoms with E-state index in [1.165, 1.54) is 7.11 Å². The molecule has 6 nitrogen and oxygen atoms in total. The number of hydrogen-bond acceptors (Lipinski definition) is 5. The number of hydrogen-bond donors (Lipinski definition) is 1. The monoisotopic (exact) mass is 465 g/mol. The molecule has 0 aromatic heterocycles. The van der Waals surface area contributed by atoms with Gasteiger partial charge in [-0.1, -0.05) is 61.4 Å². The number of amides is 1. The highest BCUT2D eigenvalue weighted by Gasteiger charge is 2.28. The van der Waals surface area contributed by atoms with Crippen LogP contribution in [0.25, 0.3) is 0 Å². The summed E-state index contributed by atoms with van der Waals surface area (Å²) in [7, 11) is 1.41. The number of unbranched alkanes of at least 4 members (excludes halogenated alkanes) is 3. The van der Waals surface area contributed by atoms with E-state index in [1.54, 1.807) is 6.08 Å². The number of carbonyl (C=O) groups is 2. The third kappa shape index (κ3) is 8.03. The van der Waals surface area contributed by atoms with Gasteiger partial charge in [0.25, 0.3) is 0 Å². The zero-order chi connectivity index (χ0) is 24.2. The molecule has 182 valence electrons. The van der Waals surface area contributed by atoms with E-state index in [0.717, 1.165) is 49.0 Å². The Balaban J connectivity index is 1.47. The minimum absolute atomic E-state index is 0.0156. The van der Waals surface area contributed by atoms with Gasteiger partial charge in [-0.25, -0.2) is 0 Å². The lowest BCUT2D eigenvalue weighted by Gasteiger charge is -2.22. The van der Waals surface area contributed by atoms with Crippen LogP contribution in [-0.4, -0.2) is 41.6 Å². The first-order chi connectivity index (χ1) is 16.6. The van der Waals surface area contributed by atoms with Crippen molar-refractivity contribution < 1.29 is 24.2 Å². The van der Waals surface area contributed by atoms with Crippen molar-refractivity contribution in [2.75, 3.05) is 13.7 Å². The lowest BCUT2D eigenvalue weighted by molar-refractivity contribution is -0.140. The van der Waals surface area contributed by atoms with Crippen LogP contribution < -0.4 is 4.74 Å². The fourth-order valence-electron chi connectivity index (χ4n) is 4.15. The molecule has 0 spiro atoms. The van der Waals surface area contributed by atoms with Crippen LogP contribution in [0.15, 0.2) is 66.7 Å². The van der Waals surface area contributed by atoms with Gasteiger partial charge in [0.1, 0.15) is 12.4 Å². The van der Waals surface area contributed by atoms with Crippen LogP contribution in [-0.2, 0) is 20.9 Å². The van der Waals surface area contributed by atoms with Crippen molar-refractivity contribution in [1.29, 1.82) is 0 Å². The van der Waals surface area contributed by atoms with Crippen molar-refractivity contribution in [1.82, 2.24) is 4.90 Å². The molecule has 2 atom stereocenters. The maximum atomic E-state index is 12.3. The Morgan fingerprint density at radius 2 is 1.91 bits per heavy atom. The Labute approximate surface area is 202 Å². The number of rotatable bonds is 13. The molecule has 0 saturated carbocycles. The normalized spacial score (nSPS) is 16.7. The summed E-state index contributed by atoms with van der Waals surface area (Å²) in [4.78, 5) is 25.4.